The lowest BCUT2D eigenvalue weighted by Crippen LogP contribution is -2.28. The lowest BCUT2D eigenvalue weighted by molar-refractivity contribution is 0.182. The zero-order valence-corrected chi connectivity index (χ0v) is 12.4. The first-order chi connectivity index (χ1) is 10.0. The summed E-state index contributed by atoms with van der Waals surface area (Å²) in [4.78, 5) is 0.128. The van der Waals surface area contributed by atoms with Crippen LogP contribution in [0.25, 0.3) is 0 Å². The van der Waals surface area contributed by atoms with Crippen LogP contribution in [0.2, 0.25) is 0 Å². The van der Waals surface area contributed by atoms with Gasteiger partial charge in [-0.3, -0.25) is 0 Å². The maximum absolute atomic E-state index is 12.1. The molecule has 5 nitrogen and oxygen atoms in total. The minimum atomic E-state index is -3.65. The molecule has 2 aromatic rings. The fourth-order valence-corrected chi connectivity index (χ4v) is 2.86. The van der Waals surface area contributed by atoms with Crippen molar-refractivity contribution in [1.29, 1.82) is 0 Å². The van der Waals surface area contributed by atoms with Gasteiger partial charge in [0.25, 0.3) is 0 Å². The molecule has 0 saturated carbocycles. The number of aliphatic hydroxyl groups excluding tert-OH is 1. The standard InChI is InChI=1S/C15H17NO4S/c1-20-13-7-9-14(10-8-13)21(18,19)16-11-15(17)12-5-3-2-4-6-12/h2-10,15-17H,11H2,1H3. The number of sulfonamides is 1. The van der Waals surface area contributed by atoms with Gasteiger partial charge in [-0.15, -0.1) is 0 Å². The largest absolute Gasteiger partial charge is 0.497 e. The minimum absolute atomic E-state index is 0.0849. The van der Waals surface area contributed by atoms with Crippen LogP contribution in [-0.2, 0) is 10.0 Å². The second-order valence-electron chi connectivity index (χ2n) is 4.45. The second kappa shape index (κ2) is 6.71. The predicted molar refractivity (Wildman–Crippen MR) is 79.6 cm³/mol. The average molecular weight is 307 g/mol. The summed E-state index contributed by atoms with van der Waals surface area (Å²) >= 11 is 0. The van der Waals surface area contributed by atoms with Crippen molar-refractivity contribution < 1.29 is 18.3 Å². The summed E-state index contributed by atoms with van der Waals surface area (Å²) in [6.45, 7) is -0.0849. The van der Waals surface area contributed by atoms with Gasteiger partial charge in [-0.25, -0.2) is 13.1 Å². The molecule has 0 aliphatic heterocycles. The van der Waals surface area contributed by atoms with Gasteiger partial charge in [-0.2, -0.15) is 0 Å². The number of ether oxygens (including phenoxy) is 1. The number of benzene rings is 2. The summed E-state index contributed by atoms with van der Waals surface area (Å²) in [5.74, 6) is 0.582. The third-order valence-electron chi connectivity index (χ3n) is 3.02. The van der Waals surface area contributed by atoms with Gasteiger partial charge in [0.05, 0.1) is 18.1 Å². The molecule has 2 rings (SSSR count). The van der Waals surface area contributed by atoms with Crippen LogP contribution in [-0.4, -0.2) is 27.2 Å². The summed E-state index contributed by atoms with van der Waals surface area (Å²) in [5.41, 5.74) is 0.662. The Morgan fingerprint density at radius 2 is 1.71 bits per heavy atom. The van der Waals surface area contributed by atoms with E-state index in [-0.39, 0.29) is 11.4 Å². The third kappa shape index (κ3) is 4.04. The maximum Gasteiger partial charge on any atom is 0.240 e. The molecule has 0 aromatic heterocycles. The molecule has 1 atom stereocenters. The smallest absolute Gasteiger partial charge is 0.240 e. The molecule has 0 amide bonds. The van der Waals surface area contributed by atoms with E-state index < -0.39 is 16.1 Å². The third-order valence-corrected chi connectivity index (χ3v) is 4.46. The molecule has 0 aliphatic rings. The van der Waals surface area contributed by atoms with Crippen LogP contribution in [0.15, 0.2) is 59.5 Å². The van der Waals surface area contributed by atoms with E-state index in [1.54, 1.807) is 36.4 Å². The van der Waals surface area contributed by atoms with Crippen LogP contribution in [0.1, 0.15) is 11.7 Å². The summed E-state index contributed by atoms with van der Waals surface area (Å²) in [5, 5.41) is 9.97. The van der Waals surface area contributed by atoms with Gasteiger partial charge in [0.2, 0.25) is 10.0 Å². The lowest BCUT2D eigenvalue weighted by atomic mass is 10.1. The quantitative estimate of drug-likeness (QED) is 0.852. The highest BCUT2D eigenvalue weighted by atomic mass is 32.2. The Morgan fingerprint density at radius 1 is 1.10 bits per heavy atom. The van der Waals surface area contributed by atoms with Gasteiger partial charge in [0.15, 0.2) is 0 Å². The monoisotopic (exact) mass is 307 g/mol. The lowest BCUT2D eigenvalue weighted by Gasteiger charge is -2.12. The summed E-state index contributed by atoms with van der Waals surface area (Å²) in [6, 6.07) is 14.9. The maximum atomic E-state index is 12.1. The number of hydrogen-bond donors (Lipinski definition) is 2. The van der Waals surface area contributed by atoms with Crippen molar-refractivity contribution in [3.8, 4) is 5.75 Å². The van der Waals surface area contributed by atoms with E-state index in [0.717, 1.165) is 0 Å². The molecule has 0 radical (unpaired) electrons. The molecule has 0 heterocycles. The first-order valence-electron chi connectivity index (χ1n) is 6.39. The van der Waals surface area contributed by atoms with Crippen molar-refractivity contribution in [2.75, 3.05) is 13.7 Å². The highest BCUT2D eigenvalue weighted by molar-refractivity contribution is 7.89. The topological polar surface area (TPSA) is 75.6 Å². The van der Waals surface area contributed by atoms with E-state index in [2.05, 4.69) is 4.72 Å². The van der Waals surface area contributed by atoms with Crippen LogP contribution in [0.5, 0.6) is 5.75 Å². The van der Waals surface area contributed by atoms with E-state index in [0.29, 0.717) is 11.3 Å². The van der Waals surface area contributed by atoms with Gasteiger partial charge in [-0.05, 0) is 29.8 Å². The van der Waals surface area contributed by atoms with Crippen LogP contribution < -0.4 is 9.46 Å². The van der Waals surface area contributed by atoms with Gasteiger partial charge in [-0.1, -0.05) is 30.3 Å². The Morgan fingerprint density at radius 3 is 2.29 bits per heavy atom. The molecule has 0 aliphatic carbocycles. The zero-order chi connectivity index (χ0) is 15.3. The first-order valence-corrected chi connectivity index (χ1v) is 7.88. The molecule has 0 fully saturated rings. The van der Waals surface area contributed by atoms with Crippen molar-refractivity contribution in [2.24, 2.45) is 0 Å². The Bertz CT molecular complexity index is 669. The van der Waals surface area contributed by atoms with Crippen LogP contribution in [0.3, 0.4) is 0 Å². The van der Waals surface area contributed by atoms with Crippen LogP contribution >= 0.6 is 0 Å². The van der Waals surface area contributed by atoms with Crippen LogP contribution in [0, 0.1) is 0 Å². The normalized spacial score (nSPS) is 12.9. The predicted octanol–water partition coefficient (Wildman–Crippen LogP) is 1.71. The molecule has 2 N–H and O–H groups in total. The summed E-state index contributed by atoms with van der Waals surface area (Å²) in [6.07, 6.45) is -0.890. The molecular formula is C15H17NO4S. The first kappa shape index (κ1) is 15.5. The Balaban J connectivity index is 2.04. The molecular weight excluding hydrogens is 290 g/mol. The van der Waals surface area contributed by atoms with Crippen molar-refractivity contribution in [1.82, 2.24) is 4.72 Å². The van der Waals surface area contributed by atoms with Gasteiger partial charge in [0, 0.05) is 6.54 Å². The SMILES string of the molecule is COc1ccc(S(=O)(=O)NCC(O)c2ccccc2)cc1. The van der Waals surface area contributed by atoms with Gasteiger partial charge >= 0.3 is 0 Å². The van der Waals surface area contributed by atoms with E-state index in [9.17, 15) is 13.5 Å². The highest BCUT2D eigenvalue weighted by Crippen LogP contribution is 2.16. The fraction of sp³-hybridized carbons (Fsp3) is 0.200. The molecule has 2 aromatic carbocycles. The van der Waals surface area contributed by atoms with E-state index in [1.807, 2.05) is 6.07 Å². The van der Waals surface area contributed by atoms with Crippen LogP contribution in [0.4, 0.5) is 0 Å². The Labute approximate surface area is 124 Å². The molecule has 0 bridgehead atoms. The number of nitrogens with one attached hydrogen (secondary N) is 1. The van der Waals surface area contributed by atoms with E-state index in [1.165, 1.54) is 19.2 Å². The Hall–Kier alpha value is -1.89. The number of rotatable bonds is 6. The summed E-state index contributed by atoms with van der Waals surface area (Å²) < 4.78 is 31.6. The molecule has 112 valence electrons. The van der Waals surface area contributed by atoms with E-state index in [4.69, 9.17) is 4.74 Å². The molecule has 6 heteroatoms. The van der Waals surface area contributed by atoms with Gasteiger partial charge in [0.1, 0.15) is 5.75 Å². The molecule has 0 spiro atoms. The van der Waals surface area contributed by atoms with Crippen molar-refractivity contribution in [2.45, 2.75) is 11.0 Å². The average Bonchev–Trinajstić information content (AvgIpc) is 2.53. The molecule has 21 heavy (non-hydrogen) atoms. The summed E-state index contributed by atoms with van der Waals surface area (Å²) in [7, 11) is -2.14. The Kier molecular flexibility index (Phi) is 4.95. The van der Waals surface area contributed by atoms with Crippen molar-refractivity contribution >= 4 is 10.0 Å². The molecule has 1 unspecified atom stereocenters. The highest BCUT2D eigenvalue weighted by Gasteiger charge is 2.16. The minimum Gasteiger partial charge on any atom is -0.497 e. The number of aliphatic hydroxyl groups is 1. The van der Waals surface area contributed by atoms with E-state index >= 15 is 0 Å². The number of methoxy groups -OCH3 is 1. The second-order valence-corrected chi connectivity index (χ2v) is 6.22. The molecule has 0 saturated heterocycles. The van der Waals surface area contributed by atoms with Crippen molar-refractivity contribution in [3.05, 3.63) is 60.2 Å². The fourth-order valence-electron chi connectivity index (χ4n) is 1.82. The zero-order valence-electron chi connectivity index (χ0n) is 11.6. The number of hydrogen-bond acceptors (Lipinski definition) is 4. The van der Waals surface area contributed by atoms with Gasteiger partial charge < -0.3 is 9.84 Å². The van der Waals surface area contributed by atoms with Crippen molar-refractivity contribution in [3.63, 3.8) is 0 Å².